The number of para-hydroxylation sites is 1. The molecule has 74 valence electrons. The monoisotopic (exact) mass is 210 g/mol. The van der Waals surface area contributed by atoms with Crippen LogP contribution in [0.5, 0.6) is 0 Å². The van der Waals surface area contributed by atoms with Crippen LogP contribution in [0.2, 0.25) is 0 Å². The summed E-state index contributed by atoms with van der Waals surface area (Å²) < 4.78 is 0. The Labute approximate surface area is 87.8 Å². The first-order valence-corrected chi connectivity index (χ1v) is 4.96. The van der Waals surface area contributed by atoms with Gasteiger partial charge in [-0.25, -0.2) is 5.01 Å². The Hall–Kier alpha value is -1.22. The quantitative estimate of drug-likeness (QED) is 0.525. The SMILES string of the molecule is O=C(Cl)N1CCCN1c1ccccc1. The molecule has 1 fully saturated rings. The van der Waals surface area contributed by atoms with Crippen LogP contribution in [0.1, 0.15) is 6.42 Å². The lowest BCUT2D eigenvalue weighted by Crippen LogP contribution is -2.38. The summed E-state index contributed by atoms with van der Waals surface area (Å²) in [6.07, 6.45) is 0.966. The van der Waals surface area contributed by atoms with Crippen molar-refractivity contribution >= 4 is 22.7 Å². The van der Waals surface area contributed by atoms with Crippen LogP contribution >= 0.6 is 11.6 Å². The van der Waals surface area contributed by atoms with Crippen molar-refractivity contribution in [2.45, 2.75) is 6.42 Å². The molecule has 1 amide bonds. The Bertz CT molecular complexity index is 328. The minimum Gasteiger partial charge on any atom is -0.282 e. The highest BCUT2D eigenvalue weighted by Gasteiger charge is 2.25. The molecular formula is C10H11ClN2O. The van der Waals surface area contributed by atoms with Crippen LogP contribution in [0.15, 0.2) is 30.3 Å². The van der Waals surface area contributed by atoms with Gasteiger partial charge >= 0.3 is 5.37 Å². The maximum absolute atomic E-state index is 11.1. The summed E-state index contributed by atoms with van der Waals surface area (Å²) in [6, 6.07) is 9.79. The molecule has 1 aromatic rings. The molecule has 0 saturated carbocycles. The van der Waals surface area contributed by atoms with Gasteiger partial charge in [-0.1, -0.05) is 18.2 Å². The van der Waals surface area contributed by atoms with Crippen molar-refractivity contribution in [3.8, 4) is 0 Å². The molecule has 0 bridgehead atoms. The molecule has 3 nitrogen and oxygen atoms in total. The molecule has 1 aromatic carbocycles. The van der Waals surface area contributed by atoms with Crippen LogP contribution in [0.25, 0.3) is 0 Å². The van der Waals surface area contributed by atoms with Gasteiger partial charge in [-0.3, -0.25) is 9.80 Å². The smallest absolute Gasteiger partial charge is 0.282 e. The second-order valence-corrected chi connectivity index (χ2v) is 3.51. The number of hydrogen-bond donors (Lipinski definition) is 0. The third-order valence-corrected chi connectivity index (χ3v) is 2.48. The van der Waals surface area contributed by atoms with Crippen LogP contribution in [0.4, 0.5) is 10.5 Å². The van der Waals surface area contributed by atoms with E-state index in [4.69, 9.17) is 11.6 Å². The number of amides is 1. The Kier molecular flexibility index (Phi) is 2.59. The second-order valence-electron chi connectivity index (χ2n) is 3.19. The van der Waals surface area contributed by atoms with Crippen LogP contribution in [-0.4, -0.2) is 23.5 Å². The van der Waals surface area contributed by atoms with Crippen molar-refractivity contribution < 1.29 is 4.79 Å². The minimum absolute atomic E-state index is 0.411. The zero-order valence-corrected chi connectivity index (χ0v) is 8.44. The summed E-state index contributed by atoms with van der Waals surface area (Å²) in [5.41, 5.74) is 1.01. The molecule has 0 aromatic heterocycles. The topological polar surface area (TPSA) is 23.6 Å². The van der Waals surface area contributed by atoms with Crippen molar-refractivity contribution in [1.29, 1.82) is 0 Å². The molecule has 0 spiro atoms. The summed E-state index contributed by atoms with van der Waals surface area (Å²) in [7, 11) is 0. The third-order valence-electron chi connectivity index (χ3n) is 2.29. The van der Waals surface area contributed by atoms with Crippen LogP contribution < -0.4 is 5.01 Å². The van der Waals surface area contributed by atoms with Gasteiger partial charge in [-0.05, 0) is 30.2 Å². The highest BCUT2D eigenvalue weighted by Crippen LogP contribution is 2.22. The largest absolute Gasteiger partial charge is 0.335 e. The number of halogens is 1. The van der Waals surface area contributed by atoms with E-state index in [0.717, 1.165) is 18.7 Å². The van der Waals surface area contributed by atoms with E-state index in [0.29, 0.717) is 6.54 Å². The maximum atomic E-state index is 11.1. The summed E-state index contributed by atoms with van der Waals surface area (Å²) in [4.78, 5) is 11.1. The van der Waals surface area contributed by atoms with E-state index < -0.39 is 5.37 Å². The minimum atomic E-state index is -0.411. The maximum Gasteiger partial charge on any atom is 0.335 e. The summed E-state index contributed by atoms with van der Waals surface area (Å²) >= 11 is 5.47. The molecule has 0 N–H and O–H groups in total. The molecule has 1 aliphatic rings. The summed E-state index contributed by atoms with van der Waals surface area (Å²) in [5, 5.41) is 3.07. The van der Waals surface area contributed by atoms with Gasteiger partial charge in [0.15, 0.2) is 0 Å². The zero-order valence-electron chi connectivity index (χ0n) is 7.69. The normalized spacial score (nSPS) is 16.1. The molecule has 1 heterocycles. The fourth-order valence-electron chi connectivity index (χ4n) is 1.66. The van der Waals surface area contributed by atoms with E-state index in [1.54, 1.807) is 5.01 Å². The van der Waals surface area contributed by atoms with Gasteiger partial charge < -0.3 is 0 Å². The number of carbonyl (C=O) groups excluding carboxylic acids is 1. The van der Waals surface area contributed by atoms with Gasteiger partial charge in [0.25, 0.3) is 0 Å². The number of nitrogens with zero attached hydrogens (tertiary/aromatic N) is 2. The number of benzene rings is 1. The molecule has 0 atom stereocenters. The standard InChI is InChI=1S/C10H11ClN2O/c11-10(14)13-8-4-7-12(13)9-5-2-1-3-6-9/h1-3,5-6H,4,7-8H2. The van der Waals surface area contributed by atoms with Gasteiger partial charge in [-0.15, -0.1) is 0 Å². The number of hydrogen-bond acceptors (Lipinski definition) is 2. The van der Waals surface area contributed by atoms with E-state index in [1.165, 1.54) is 0 Å². The fourth-order valence-corrected chi connectivity index (χ4v) is 1.84. The van der Waals surface area contributed by atoms with Gasteiger partial charge in [0.05, 0.1) is 5.69 Å². The Morgan fingerprint density at radius 2 is 1.93 bits per heavy atom. The number of carbonyl (C=O) groups is 1. The van der Waals surface area contributed by atoms with E-state index in [9.17, 15) is 4.79 Å². The Morgan fingerprint density at radius 1 is 1.21 bits per heavy atom. The molecule has 2 rings (SSSR count). The number of rotatable bonds is 1. The molecule has 14 heavy (non-hydrogen) atoms. The molecular weight excluding hydrogens is 200 g/mol. The van der Waals surface area contributed by atoms with Crippen molar-refractivity contribution in [2.75, 3.05) is 18.1 Å². The average Bonchev–Trinajstić information content (AvgIpc) is 2.67. The lowest BCUT2D eigenvalue weighted by atomic mass is 10.3. The van der Waals surface area contributed by atoms with Gasteiger partial charge in [0.2, 0.25) is 0 Å². The van der Waals surface area contributed by atoms with Crippen LogP contribution in [0, 0.1) is 0 Å². The van der Waals surface area contributed by atoms with Gasteiger partial charge in [0, 0.05) is 13.1 Å². The first kappa shape index (κ1) is 9.34. The first-order valence-electron chi connectivity index (χ1n) is 4.58. The molecule has 0 aliphatic carbocycles. The van der Waals surface area contributed by atoms with E-state index in [-0.39, 0.29) is 0 Å². The number of anilines is 1. The molecule has 4 heteroatoms. The predicted octanol–water partition coefficient (Wildman–Crippen LogP) is 2.47. The highest BCUT2D eigenvalue weighted by atomic mass is 35.5. The lowest BCUT2D eigenvalue weighted by molar-refractivity contribution is 0.228. The first-order chi connectivity index (χ1) is 6.79. The molecule has 0 radical (unpaired) electrons. The van der Waals surface area contributed by atoms with E-state index in [2.05, 4.69) is 0 Å². The molecule has 0 unspecified atom stereocenters. The van der Waals surface area contributed by atoms with Crippen molar-refractivity contribution in [2.24, 2.45) is 0 Å². The van der Waals surface area contributed by atoms with Crippen LogP contribution in [0.3, 0.4) is 0 Å². The number of hydrazine groups is 1. The molecule has 1 saturated heterocycles. The summed E-state index contributed by atoms with van der Waals surface area (Å²) in [6.45, 7) is 1.56. The van der Waals surface area contributed by atoms with E-state index in [1.807, 2.05) is 35.3 Å². The Morgan fingerprint density at radius 3 is 2.57 bits per heavy atom. The van der Waals surface area contributed by atoms with Crippen molar-refractivity contribution in [1.82, 2.24) is 5.01 Å². The summed E-state index contributed by atoms with van der Waals surface area (Å²) in [5.74, 6) is 0. The van der Waals surface area contributed by atoms with Gasteiger partial charge in [0.1, 0.15) is 0 Å². The van der Waals surface area contributed by atoms with Crippen molar-refractivity contribution in [3.63, 3.8) is 0 Å². The third kappa shape index (κ3) is 1.68. The Balaban J connectivity index is 2.22. The van der Waals surface area contributed by atoms with Crippen LogP contribution in [-0.2, 0) is 0 Å². The van der Waals surface area contributed by atoms with E-state index >= 15 is 0 Å². The lowest BCUT2D eigenvalue weighted by Gasteiger charge is -2.27. The van der Waals surface area contributed by atoms with Crippen molar-refractivity contribution in [3.05, 3.63) is 30.3 Å². The highest BCUT2D eigenvalue weighted by molar-refractivity contribution is 6.62. The zero-order chi connectivity index (χ0) is 9.97. The predicted molar refractivity (Wildman–Crippen MR) is 56.4 cm³/mol. The average molecular weight is 211 g/mol. The second kappa shape index (κ2) is 3.88. The molecule has 1 aliphatic heterocycles. The van der Waals surface area contributed by atoms with Gasteiger partial charge in [-0.2, -0.15) is 0 Å². The fraction of sp³-hybridized carbons (Fsp3) is 0.300.